The molecule has 0 N–H and O–H groups in total. The predicted molar refractivity (Wildman–Crippen MR) is 121 cm³/mol. The zero-order chi connectivity index (χ0) is 23.0. The lowest BCUT2D eigenvalue weighted by Gasteiger charge is -2.39. The van der Waals surface area contributed by atoms with Crippen molar-refractivity contribution in [2.45, 2.75) is 19.9 Å². The van der Waals surface area contributed by atoms with Crippen LogP contribution in [0.2, 0.25) is 0 Å². The number of pyridine rings is 1. The Kier molecular flexibility index (Phi) is 5.52. The van der Waals surface area contributed by atoms with Crippen molar-refractivity contribution < 1.29 is 18.8 Å². The van der Waals surface area contributed by atoms with E-state index in [2.05, 4.69) is 4.98 Å². The van der Waals surface area contributed by atoms with E-state index < -0.39 is 0 Å². The van der Waals surface area contributed by atoms with Gasteiger partial charge in [-0.05, 0) is 42.8 Å². The molecule has 1 aliphatic rings. The molecule has 164 valence electrons. The Bertz CT molecular complexity index is 1170. The Hall–Kier alpha value is -3.94. The third kappa shape index (κ3) is 3.75. The molecule has 0 radical (unpaired) electrons. The number of nitrogens with zero attached hydrogens (tertiary/aromatic N) is 4. The van der Waals surface area contributed by atoms with Gasteiger partial charge in [0.1, 0.15) is 0 Å². The number of benzene rings is 1. The predicted octanol–water partition coefficient (Wildman–Crippen LogP) is 3.45. The van der Waals surface area contributed by atoms with Crippen molar-refractivity contribution in [1.82, 2.24) is 9.88 Å². The summed E-state index contributed by atoms with van der Waals surface area (Å²) in [5, 5.41) is 0. The van der Waals surface area contributed by atoms with Gasteiger partial charge in [0.2, 0.25) is 5.91 Å². The lowest BCUT2D eigenvalue weighted by atomic mass is 10.0. The summed E-state index contributed by atoms with van der Waals surface area (Å²) in [6.45, 7) is 3.68. The zero-order valence-electron chi connectivity index (χ0n) is 18.4. The van der Waals surface area contributed by atoms with Gasteiger partial charge in [0.25, 0.3) is 11.8 Å². The molecule has 1 unspecified atom stereocenters. The summed E-state index contributed by atoms with van der Waals surface area (Å²) in [6, 6.07) is 12.1. The van der Waals surface area contributed by atoms with E-state index in [1.54, 1.807) is 54.4 Å². The Labute approximate surface area is 186 Å². The maximum absolute atomic E-state index is 13.1. The summed E-state index contributed by atoms with van der Waals surface area (Å²) in [5.41, 5.74) is 2.72. The van der Waals surface area contributed by atoms with E-state index in [4.69, 9.17) is 4.42 Å². The zero-order valence-corrected chi connectivity index (χ0v) is 18.4. The molecule has 0 saturated heterocycles. The third-order valence-corrected chi connectivity index (χ3v) is 5.44. The van der Waals surface area contributed by atoms with E-state index in [1.807, 2.05) is 25.1 Å². The normalized spacial score (nSPS) is 15.3. The van der Waals surface area contributed by atoms with Crippen molar-refractivity contribution in [3.05, 3.63) is 66.2 Å². The monoisotopic (exact) mass is 432 g/mol. The summed E-state index contributed by atoms with van der Waals surface area (Å²) in [6.07, 6.45) is 3.12. The second-order valence-electron chi connectivity index (χ2n) is 7.97. The van der Waals surface area contributed by atoms with E-state index in [1.165, 1.54) is 18.1 Å². The number of carbonyl (C=O) groups is 3. The topological polar surface area (TPSA) is 87.0 Å². The second kappa shape index (κ2) is 8.30. The van der Waals surface area contributed by atoms with E-state index >= 15 is 0 Å². The maximum atomic E-state index is 13.1. The van der Waals surface area contributed by atoms with Crippen molar-refractivity contribution in [3.63, 3.8) is 0 Å². The van der Waals surface area contributed by atoms with Gasteiger partial charge in [0.15, 0.2) is 11.6 Å². The molecule has 1 aliphatic heterocycles. The van der Waals surface area contributed by atoms with Crippen molar-refractivity contribution in [2.75, 3.05) is 30.4 Å². The fourth-order valence-electron chi connectivity index (χ4n) is 3.89. The summed E-state index contributed by atoms with van der Waals surface area (Å²) in [5.74, 6) is 0.130. The molecule has 0 spiro atoms. The van der Waals surface area contributed by atoms with Crippen LogP contribution in [0.3, 0.4) is 0 Å². The Morgan fingerprint density at radius 3 is 2.41 bits per heavy atom. The number of furan rings is 1. The van der Waals surface area contributed by atoms with Gasteiger partial charge in [0.05, 0.1) is 18.0 Å². The van der Waals surface area contributed by atoms with Gasteiger partial charge in [-0.1, -0.05) is 12.1 Å². The van der Waals surface area contributed by atoms with Gasteiger partial charge in [-0.15, -0.1) is 0 Å². The number of rotatable bonds is 3. The van der Waals surface area contributed by atoms with Crippen molar-refractivity contribution in [3.8, 4) is 11.1 Å². The maximum Gasteiger partial charge on any atom is 0.294 e. The Morgan fingerprint density at radius 2 is 1.81 bits per heavy atom. The number of hydrogen-bond acceptors (Lipinski definition) is 5. The van der Waals surface area contributed by atoms with Gasteiger partial charge in [-0.25, -0.2) is 4.98 Å². The molecule has 32 heavy (non-hydrogen) atoms. The van der Waals surface area contributed by atoms with E-state index in [0.29, 0.717) is 23.6 Å². The number of carbonyl (C=O) groups excluding carboxylic acids is 3. The first-order valence-electron chi connectivity index (χ1n) is 10.2. The summed E-state index contributed by atoms with van der Waals surface area (Å²) in [4.78, 5) is 46.9. The quantitative estimate of drug-likeness (QED) is 0.633. The summed E-state index contributed by atoms with van der Waals surface area (Å²) < 4.78 is 5.31. The molecule has 0 bridgehead atoms. The van der Waals surface area contributed by atoms with E-state index in [0.717, 1.165) is 11.1 Å². The van der Waals surface area contributed by atoms with Gasteiger partial charge in [-0.3, -0.25) is 19.3 Å². The highest BCUT2D eigenvalue weighted by Crippen LogP contribution is 2.37. The molecular formula is C24H24N4O4. The van der Waals surface area contributed by atoms with E-state index in [-0.39, 0.29) is 29.5 Å². The Morgan fingerprint density at radius 1 is 1.09 bits per heavy atom. The minimum atomic E-state index is -0.294. The summed E-state index contributed by atoms with van der Waals surface area (Å²) >= 11 is 0. The van der Waals surface area contributed by atoms with Crippen LogP contribution in [0, 0.1) is 0 Å². The first kappa shape index (κ1) is 21.3. The highest BCUT2D eigenvalue weighted by atomic mass is 16.3. The minimum Gasteiger partial charge on any atom is -0.459 e. The first-order chi connectivity index (χ1) is 15.3. The smallest absolute Gasteiger partial charge is 0.294 e. The molecule has 8 heteroatoms. The average Bonchev–Trinajstić information content (AvgIpc) is 3.32. The molecular weight excluding hydrogens is 408 g/mol. The fraction of sp³-hybridized carbons (Fsp3) is 0.250. The number of anilines is 2. The van der Waals surface area contributed by atoms with Gasteiger partial charge < -0.3 is 14.2 Å². The largest absolute Gasteiger partial charge is 0.459 e. The highest BCUT2D eigenvalue weighted by molar-refractivity contribution is 6.09. The van der Waals surface area contributed by atoms with Crippen LogP contribution in [0.15, 0.2) is 59.3 Å². The van der Waals surface area contributed by atoms with Crippen LogP contribution in [-0.2, 0) is 4.79 Å². The molecule has 0 saturated carbocycles. The summed E-state index contributed by atoms with van der Waals surface area (Å²) in [7, 11) is 3.41. The molecule has 1 atom stereocenters. The van der Waals surface area contributed by atoms with E-state index in [9.17, 15) is 14.4 Å². The fourth-order valence-corrected chi connectivity index (χ4v) is 3.89. The lowest BCUT2D eigenvalue weighted by Crippen LogP contribution is -2.51. The molecule has 4 rings (SSSR count). The van der Waals surface area contributed by atoms with Crippen molar-refractivity contribution >= 4 is 29.2 Å². The van der Waals surface area contributed by atoms with Crippen LogP contribution in [-0.4, -0.2) is 54.3 Å². The standard InChI is InChI=1S/C24H24N4O4/c1-15-14-27(24(31)21-6-5-11-32-21)20-12-19(13-25-22(20)28(15)16(2)29)17-7-9-18(10-8-17)23(30)26(3)4/h5-13,15H,14H2,1-4H3. The number of fused-ring (bicyclic) bond motifs is 1. The van der Waals surface area contributed by atoms with Crippen LogP contribution in [0.4, 0.5) is 11.5 Å². The molecule has 0 aliphatic carbocycles. The molecule has 1 aromatic carbocycles. The lowest BCUT2D eigenvalue weighted by molar-refractivity contribution is -0.117. The van der Waals surface area contributed by atoms with Gasteiger partial charge in [0, 0.05) is 44.9 Å². The van der Waals surface area contributed by atoms with Crippen molar-refractivity contribution in [1.29, 1.82) is 0 Å². The number of hydrogen-bond donors (Lipinski definition) is 0. The third-order valence-electron chi connectivity index (χ3n) is 5.44. The molecule has 3 aromatic rings. The highest BCUT2D eigenvalue weighted by Gasteiger charge is 2.36. The van der Waals surface area contributed by atoms with Crippen molar-refractivity contribution in [2.24, 2.45) is 0 Å². The van der Waals surface area contributed by atoms with Crippen LogP contribution < -0.4 is 9.80 Å². The van der Waals surface area contributed by atoms with Gasteiger partial charge >= 0.3 is 0 Å². The SMILES string of the molecule is CC(=O)N1c2ncc(-c3ccc(C(=O)N(C)C)cc3)cc2N(C(=O)c2ccco2)CC1C. The molecule has 8 nitrogen and oxygen atoms in total. The molecule has 2 aromatic heterocycles. The van der Waals surface area contributed by atoms with Crippen LogP contribution in [0.1, 0.15) is 34.8 Å². The average molecular weight is 432 g/mol. The molecule has 0 fully saturated rings. The minimum absolute atomic E-state index is 0.0820. The molecule has 3 amide bonds. The van der Waals surface area contributed by atoms with Crippen LogP contribution in [0.5, 0.6) is 0 Å². The first-order valence-corrected chi connectivity index (χ1v) is 10.2. The van der Waals surface area contributed by atoms with Crippen LogP contribution in [0.25, 0.3) is 11.1 Å². The second-order valence-corrected chi connectivity index (χ2v) is 7.97. The van der Waals surface area contributed by atoms with Crippen LogP contribution >= 0.6 is 0 Å². The number of aromatic nitrogens is 1. The number of amides is 3. The molecule has 3 heterocycles. The van der Waals surface area contributed by atoms with Gasteiger partial charge in [-0.2, -0.15) is 0 Å². The Balaban J connectivity index is 1.77.